The fourth-order valence-electron chi connectivity index (χ4n) is 3.96. The van der Waals surface area contributed by atoms with Crippen LogP contribution in [-0.2, 0) is 13.1 Å². The summed E-state index contributed by atoms with van der Waals surface area (Å²) in [7, 11) is 0. The van der Waals surface area contributed by atoms with Gasteiger partial charge in [-0.15, -0.1) is 0 Å². The number of fused-ring (bicyclic) bond motifs is 2. The van der Waals surface area contributed by atoms with Crippen molar-refractivity contribution in [3.8, 4) is 0 Å². The average molecular weight is 618 g/mol. The molecule has 0 saturated carbocycles. The third kappa shape index (κ3) is 6.82. The number of nitrogens with zero attached hydrogens (tertiary/aromatic N) is 8. The van der Waals surface area contributed by atoms with Gasteiger partial charge in [0.1, 0.15) is 11.6 Å². The first-order chi connectivity index (χ1) is 19.9. The number of aliphatic hydroxyl groups excluding tert-OH is 2. The number of hydrogen-bond donors (Lipinski definition) is 4. The van der Waals surface area contributed by atoms with E-state index < -0.39 is 12.2 Å². The fraction of sp³-hybridized carbons (Fsp3) is 0.214. The van der Waals surface area contributed by atoms with Crippen molar-refractivity contribution in [2.24, 2.45) is 0 Å². The standard InChI is InChI=1S/C14H14BrN5O.C14H15N5O/c1-9(21)12-5-13(17-7-10-3-2-4-16-6-10)20-14(19-12)11(15)8-18-20;1-10(20)12-7-14(19-13(18-12)4-6-17-19)16-9-11-3-2-5-15-8-11/h2-6,8-9,17,21H,7H2,1H3;2-8,10,16,20H,9H2,1H3. The van der Waals surface area contributed by atoms with Crippen molar-refractivity contribution in [1.29, 1.82) is 0 Å². The second-order valence-corrected chi connectivity index (χ2v) is 10.1. The smallest absolute Gasteiger partial charge is 0.172 e. The molecular weight excluding hydrogens is 588 g/mol. The molecule has 2 atom stereocenters. The second kappa shape index (κ2) is 12.8. The highest BCUT2D eigenvalue weighted by atomic mass is 79.9. The predicted octanol–water partition coefficient (Wildman–Crippen LogP) is 4.34. The zero-order valence-electron chi connectivity index (χ0n) is 22.4. The molecule has 41 heavy (non-hydrogen) atoms. The van der Waals surface area contributed by atoms with Crippen molar-refractivity contribution in [3.63, 3.8) is 0 Å². The Hall–Kier alpha value is -4.46. The minimum Gasteiger partial charge on any atom is -0.387 e. The highest BCUT2D eigenvalue weighted by Gasteiger charge is 2.13. The van der Waals surface area contributed by atoms with Crippen LogP contribution >= 0.6 is 15.9 Å². The van der Waals surface area contributed by atoms with Crippen molar-refractivity contribution < 1.29 is 10.2 Å². The number of nitrogens with one attached hydrogen (secondary N) is 2. The number of rotatable bonds is 8. The van der Waals surface area contributed by atoms with Crippen molar-refractivity contribution >= 4 is 38.9 Å². The summed E-state index contributed by atoms with van der Waals surface area (Å²) < 4.78 is 4.20. The molecule has 210 valence electrons. The molecule has 2 unspecified atom stereocenters. The van der Waals surface area contributed by atoms with Crippen molar-refractivity contribution in [1.82, 2.24) is 39.2 Å². The highest BCUT2D eigenvalue weighted by Crippen LogP contribution is 2.23. The Bertz CT molecular complexity index is 1720. The number of anilines is 2. The molecule has 0 amide bonds. The quantitative estimate of drug-likeness (QED) is 0.194. The Morgan fingerprint density at radius 3 is 1.90 bits per heavy atom. The highest BCUT2D eigenvalue weighted by molar-refractivity contribution is 9.10. The lowest BCUT2D eigenvalue weighted by Gasteiger charge is -2.11. The number of hydrogen-bond acceptors (Lipinski definition) is 10. The molecular formula is C28H29BrN10O2. The maximum absolute atomic E-state index is 9.78. The van der Waals surface area contributed by atoms with Crippen LogP contribution < -0.4 is 10.6 Å². The molecule has 0 bridgehead atoms. The van der Waals surface area contributed by atoms with Gasteiger partial charge < -0.3 is 20.8 Å². The lowest BCUT2D eigenvalue weighted by atomic mass is 10.2. The molecule has 0 fully saturated rings. The van der Waals surface area contributed by atoms with E-state index in [0.717, 1.165) is 27.2 Å². The summed E-state index contributed by atoms with van der Waals surface area (Å²) in [4.78, 5) is 16.9. The molecule has 0 aliphatic heterocycles. The van der Waals surface area contributed by atoms with Gasteiger partial charge in [0.15, 0.2) is 11.3 Å². The molecule has 0 radical (unpaired) electrons. The van der Waals surface area contributed by atoms with Crippen LogP contribution in [-0.4, -0.2) is 49.4 Å². The zero-order valence-corrected chi connectivity index (χ0v) is 24.0. The predicted molar refractivity (Wildman–Crippen MR) is 158 cm³/mol. The first-order valence-corrected chi connectivity index (χ1v) is 13.7. The van der Waals surface area contributed by atoms with Gasteiger partial charge in [0, 0.05) is 56.1 Å². The van der Waals surface area contributed by atoms with Crippen LogP contribution in [0, 0.1) is 0 Å². The van der Waals surface area contributed by atoms with Gasteiger partial charge >= 0.3 is 0 Å². The lowest BCUT2D eigenvalue weighted by Crippen LogP contribution is -2.08. The fourth-order valence-corrected chi connectivity index (χ4v) is 4.31. The number of aromatic nitrogens is 8. The van der Waals surface area contributed by atoms with Gasteiger partial charge in [-0.3, -0.25) is 9.97 Å². The Morgan fingerprint density at radius 2 is 1.34 bits per heavy atom. The van der Waals surface area contributed by atoms with Gasteiger partial charge in [0.2, 0.25) is 0 Å². The number of aliphatic hydroxyl groups is 2. The molecule has 0 aliphatic rings. The second-order valence-electron chi connectivity index (χ2n) is 9.24. The molecule has 6 aromatic rings. The zero-order chi connectivity index (χ0) is 28.8. The van der Waals surface area contributed by atoms with E-state index in [-0.39, 0.29) is 0 Å². The van der Waals surface area contributed by atoms with E-state index in [1.807, 2.05) is 30.5 Å². The molecule has 6 heterocycles. The Kier molecular flexibility index (Phi) is 8.77. The molecule has 6 rings (SSSR count). The average Bonchev–Trinajstić information content (AvgIpc) is 3.62. The van der Waals surface area contributed by atoms with E-state index in [1.165, 1.54) is 0 Å². The molecule has 6 aromatic heterocycles. The Labute approximate surface area is 244 Å². The molecule has 0 aliphatic carbocycles. The van der Waals surface area contributed by atoms with Crippen LogP contribution in [0.25, 0.3) is 11.3 Å². The third-order valence-electron chi connectivity index (χ3n) is 6.08. The van der Waals surface area contributed by atoms with Crippen molar-refractivity contribution in [2.45, 2.75) is 39.1 Å². The van der Waals surface area contributed by atoms with Crippen molar-refractivity contribution in [3.05, 3.63) is 107 Å². The van der Waals surface area contributed by atoms with E-state index in [0.29, 0.717) is 35.8 Å². The summed E-state index contributed by atoms with van der Waals surface area (Å²) >= 11 is 3.42. The first-order valence-electron chi connectivity index (χ1n) is 12.9. The Balaban J connectivity index is 0.000000165. The SMILES string of the molecule is CC(O)c1cc(NCc2cccnc2)n2ncc(Br)c2n1.CC(O)c1cc(NCc2cccnc2)n2nccc2n1. The van der Waals surface area contributed by atoms with Crippen LogP contribution in [0.1, 0.15) is 48.6 Å². The summed E-state index contributed by atoms with van der Waals surface area (Å²) in [6.07, 6.45) is 9.21. The van der Waals surface area contributed by atoms with Gasteiger partial charge in [0.05, 0.1) is 40.5 Å². The van der Waals surface area contributed by atoms with E-state index >= 15 is 0 Å². The van der Waals surface area contributed by atoms with Gasteiger partial charge in [-0.1, -0.05) is 12.1 Å². The van der Waals surface area contributed by atoms with Crippen molar-refractivity contribution in [2.75, 3.05) is 10.6 Å². The molecule has 12 nitrogen and oxygen atoms in total. The first kappa shape index (κ1) is 28.1. The maximum Gasteiger partial charge on any atom is 0.172 e. The number of halogens is 1. The van der Waals surface area contributed by atoms with E-state index in [1.54, 1.807) is 72.1 Å². The monoisotopic (exact) mass is 616 g/mol. The summed E-state index contributed by atoms with van der Waals surface area (Å²) in [5, 5.41) is 34.6. The van der Waals surface area contributed by atoms with E-state index in [4.69, 9.17) is 0 Å². The van der Waals surface area contributed by atoms with Gasteiger partial charge in [-0.05, 0) is 53.0 Å². The van der Waals surface area contributed by atoms with Crippen LogP contribution in [0.15, 0.2) is 84.1 Å². The van der Waals surface area contributed by atoms with E-state index in [2.05, 4.69) is 56.7 Å². The minimum atomic E-state index is -0.643. The number of pyridine rings is 2. The minimum absolute atomic E-state index is 0.595. The van der Waals surface area contributed by atoms with E-state index in [9.17, 15) is 10.2 Å². The summed E-state index contributed by atoms with van der Waals surface area (Å²) in [5.74, 6) is 1.56. The van der Waals surface area contributed by atoms with Crippen LogP contribution in [0.3, 0.4) is 0 Å². The molecule has 0 saturated heterocycles. The molecule has 13 heteroatoms. The summed E-state index contributed by atoms with van der Waals surface area (Å²) in [5.41, 5.74) is 4.72. The van der Waals surface area contributed by atoms with Crippen LogP contribution in [0.5, 0.6) is 0 Å². The largest absolute Gasteiger partial charge is 0.387 e. The molecule has 0 aromatic carbocycles. The summed E-state index contributed by atoms with van der Waals surface area (Å²) in [6.45, 7) is 4.63. The molecule has 4 N–H and O–H groups in total. The Morgan fingerprint density at radius 1 is 0.756 bits per heavy atom. The molecule has 0 spiro atoms. The summed E-state index contributed by atoms with van der Waals surface area (Å²) in [6, 6.07) is 13.2. The maximum atomic E-state index is 9.78. The lowest BCUT2D eigenvalue weighted by molar-refractivity contribution is 0.194. The van der Waals surface area contributed by atoms with Crippen LogP contribution in [0.4, 0.5) is 11.6 Å². The topological polar surface area (TPSA) is 151 Å². The van der Waals surface area contributed by atoms with Gasteiger partial charge in [-0.25, -0.2) is 9.97 Å². The van der Waals surface area contributed by atoms with Crippen LogP contribution in [0.2, 0.25) is 0 Å². The third-order valence-corrected chi connectivity index (χ3v) is 6.64. The van der Waals surface area contributed by atoms with Gasteiger partial charge in [-0.2, -0.15) is 19.2 Å². The normalized spacial score (nSPS) is 12.5. The van der Waals surface area contributed by atoms with Gasteiger partial charge in [0.25, 0.3) is 0 Å².